The Bertz CT molecular complexity index is 1140. The van der Waals surface area contributed by atoms with Crippen LogP contribution in [0.15, 0.2) is 96.0 Å². The molecule has 0 amide bonds. The van der Waals surface area contributed by atoms with Crippen molar-refractivity contribution in [2.45, 2.75) is 0 Å². The molecule has 1 heterocycles. The molecule has 0 aromatic heterocycles. The predicted molar refractivity (Wildman–Crippen MR) is 129 cm³/mol. The first-order valence-electron chi connectivity index (χ1n) is 8.43. The van der Waals surface area contributed by atoms with Crippen molar-refractivity contribution in [1.82, 2.24) is 0 Å². The average molecular weight is 518 g/mol. The van der Waals surface area contributed by atoms with E-state index in [0.29, 0.717) is 5.57 Å². The lowest BCUT2D eigenvalue weighted by molar-refractivity contribution is -0.109. The molecule has 2 nitrogen and oxygen atoms in total. The maximum atomic E-state index is 13.4. The topological polar surface area (TPSA) is 29.4 Å². The average Bonchev–Trinajstić information content (AvgIpc) is 3.08. The first-order valence-corrected chi connectivity index (χ1v) is 10.7. The maximum absolute atomic E-state index is 13.4. The summed E-state index contributed by atoms with van der Waals surface area (Å²) in [6.07, 6.45) is 1.84. The Balaban J connectivity index is 2.25. The van der Waals surface area contributed by atoms with Crippen LogP contribution in [0.25, 0.3) is 11.6 Å². The molecule has 0 atom stereocenters. The second-order valence-electron chi connectivity index (χ2n) is 6.00. The zero-order chi connectivity index (χ0) is 21.8. The summed E-state index contributed by atoms with van der Waals surface area (Å²) in [5.74, 6) is -0.507. The Kier molecular flexibility index (Phi) is 7.86. The molecule has 2 aromatic rings. The van der Waals surface area contributed by atoms with Crippen LogP contribution in [0.4, 0.5) is 0 Å². The molecule has 0 saturated heterocycles. The van der Waals surface area contributed by atoms with Gasteiger partial charge in [0.05, 0.1) is 21.3 Å². The largest absolute Gasteiger partial charge is 0.287 e. The molecule has 8 heteroatoms. The van der Waals surface area contributed by atoms with Crippen molar-refractivity contribution >= 4 is 92.7 Å². The number of benzene rings is 2. The number of hydrogen-bond acceptors (Lipinski definition) is 2. The molecule has 0 bridgehead atoms. The first kappa shape index (κ1) is 23.1. The van der Waals surface area contributed by atoms with Gasteiger partial charge in [-0.05, 0) is 17.2 Å². The highest BCUT2D eigenvalue weighted by Gasteiger charge is 2.35. The lowest BCUT2D eigenvalue weighted by atomic mass is 9.94. The van der Waals surface area contributed by atoms with Crippen molar-refractivity contribution in [1.29, 1.82) is 0 Å². The number of carbonyl (C=O) groups is 1. The van der Waals surface area contributed by atoms with Gasteiger partial charge in [0.15, 0.2) is 0 Å². The summed E-state index contributed by atoms with van der Waals surface area (Å²) >= 11 is 35.8. The van der Waals surface area contributed by atoms with Gasteiger partial charge in [-0.25, -0.2) is 4.99 Å². The highest BCUT2D eigenvalue weighted by Crippen LogP contribution is 2.40. The number of halogens is 6. The van der Waals surface area contributed by atoms with Crippen molar-refractivity contribution < 1.29 is 4.79 Å². The van der Waals surface area contributed by atoms with Gasteiger partial charge >= 0.3 is 0 Å². The lowest BCUT2D eigenvalue weighted by Gasteiger charge is -2.09. The molecular formula is C22H11Cl6NO. The number of aliphatic imine (C=N–C) groups is 1. The summed E-state index contributed by atoms with van der Waals surface area (Å²) in [5, 5.41) is -0.339. The molecule has 0 aliphatic carbocycles. The van der Waals surface area contributed by atoms with Gasteiger partial charge in [-0.3, -0.25) is 4.79 Å². The Hall–Kier alpha value is -1.52. The summed E-state index contributed by atoms with van der Waals surface area (Å²) in [6.45, 7) is 0. The number of ketones is 1. The van der Waals surface area contributed by atoms with Crippen LogP contribution in [0.1, 0.15) is 11.1 Å². The van der Waals surface area contributed by atoms with E-state index >= 15 is 0 Å². The molecule has 3 rings (SSSR count). The predicted octanol–water partition coefficient (Wildman–Crippen LogP) is 8.28. The van der Waals surface area contributed by atoms with Crippen LogP contribution in [0.5, 0.6) is 0 Å². The number of Topliss-reactive ketones (excluding diaryl/α,β-unsaturated/α-hetero) is 1. The van der Waals surface area contributed by atoms with E-state index < -0.39 is 5.78 Å². The molecule has 0 unspecified atom stereocenters. The van der Waals surface area contributed by atoms with Crippen molar-refractivity contribution in [3.8, 4) is 0 Å². The van der Waals surface area contributed by atoms with Crippen LogP contribution in [-0.2, 0) is 4.79 Å². The molecule has 2 aromatic carbocycles. The fourth-order valence-electron chi connectivity index (χ4n) is 2.80. The SMILES string of the molecule is O=C1C(C(=Cc2ccccc2)c2ccccc2)=NC(C(Cl)=C(Cl)Cl)=C1C(Cl)=C(Cl)Cl. The number of nitrogens with zero attached hydrogens (tertiary/aromatic N) is 1. The molecule has 152 valence electrons. The fraction of sp³-hybridized carbons (Fsp3) is 0. The third-order valence-electron chi connectivity index (χ3n) is 4.11. The van der Waals surface area contributed by atoms with Crippen molar-refractivity contribution in [3.05, 3.63) is 102 Å². The standard InChI is InChI=1S/C22H11Cl6NO/c23-16(21(25)26)15-19(17(24)22(27)28)29-18(20(15)30)14(13-9-5-2-6-10-13)11-12-7-3-1-4-8-12/h1-11H. The normalized spacial score (nSPS) is 14.0. The van der Waals surface area contributed by atoms with Gasteiger partial charge in [0.25, 0.3) is 0 Å². The molecule has 0 saturated carbocycles. The first-order chi connectivity index (χ1) is 14.3. The van der Waals surface area contributed by atoms with E-state index in [-0.39, 0.29) is 36.0 Å². The minimum Gasteiger partial charge on any atom is -0.287 e. The molecular weight excluding hydrogens is 507 g/mol. The molecule has 1 aliphatic heterocycles. The molecule has 30 heavy (non-hydrogen) atoms. The summed E-state index contributed by atoms with van der Waals surface area (Å²) in [6, 6.07) is 18.8. The third kappa shape index (κ3) is 5.03. The number of carbonyl (C=O) groups excluding carboxylic acids is 1. The highest BCUT2D eigenvalue weighted by atomic mass is 35.5. The molecule has 1 aliphatic rings. The van der Waals surface area contributed by atoms with Crippen molar-refractivity contribution in [2.24, 2.45) is 4.99 Å². The van der Waals surface area contributed by atoms with E-state index in [4.69, 9.17) is 69.6 Å². The fourth-order valence-corrected chi connectivity index (χ4v) is 3.48. The van der Waals surface area contributed by atoms with Crippen LogP contribution in [-0.4, -0.2) is 11.5 Å². The van der Waals surface area contributed by atoms with E-state index in [9.17, 15) is 4.79 Å². The Morgan fingerprint density at radius 1 is 0.733 bits per heavy atom. The van der Waals surface area contributed by atoms with Gasteiger partial charge in [-0.15, -0.1) is 0 Å². The molecule has 0 fully saturated rings. The zero-order valence-electron chi connectivity index (χ0n) is 15.0. The van der Waals surface area contributed by atoms with E-state index in [0.717, 1.165) is 11.1 Å². The zero-order valence-corrected chi connectivity index (χ0v) is 19.5. The van der Waals surface area contributed by atoms with E-state index in [2.05, 4.69) is 4.99 Å². The molecule has 0 radical (unpaired) electrons. The summed E-state index contributed by atoms with van der Waals surface area (Å²) in [7, 11) is 0. The second kappa shape index (κ2) is 10.2. The summed E-state index contributed by atoms with van der Waals surface area (Å²) < 4.78 is -0.581. The number of allylic oxidation sites excluding steroid dienone is 4. The van der Waals surface area contributed by atoms with E-state index in [1.807, 2.05) is 66.7 Å². The van der Waals surface area contributed by atoms with Crippen LogP contribution in [0.3, 0.4) is 0 Å². The van der Waals surface area contributed by atoms with Gasteiger partial charge in [-0.1, -0.05) is 130 Å². The van der Waals surface area contributed by atoms with E-state index in [1.165, 1.54) is 0 Å². The summed E-state index contributed by atoms with van der Waals surface area (Å²) in [5.41, 5.74) is 2.22. The van der Waals surface area contributed by atoms with E-state index in [1.54, 1.807) is 0 Å². The monoisotopic (exact) mass is 515 g/mol. The van der Waals surface area contributed by atoms with Crippen molar-refractivity contribution in [2.75, 3.05) is 0 Å². The van der Waals surface area contributed by atoms with Gasteiger partial charge in [0.2, 0.25) is 5.78 Å². The number of hydrogen-bond donors (Lipinski definition) is 0. The smallest absolute Gasteiger partial charge is 0.215 e. The van der Waals surface area contributed by atoms with Crippen molar-refractivity contribution in [3.63, 3.8) is 0 Å². The van der Waals surface area contributed by atoms with Gasteiger partial charge in [0, 0.05) is 5.57 Å². The maximum Gasteiger partial charge on any atom is 0.215 e. The minimum absolute atomic E-state index is 0.00430. The summed E-state index contributed by atoms with van der Waals surface area (Å²) in [4.78, 5) is 17.8. The lowest BCUT2D eigenvalue weighted by Crippen LogP contribution is -2.15. The van der Waals surface area contributed by atoms with Gasteiger partial charge in [-0.2, -0.15) is 0 Å². The quantitative estimate of drug-likeness (QED) is 0.367. The van der Waals surface area contributed by atoms with Gasteiger partial charge < -0.3 is 0 Å². The van der Waals surface area contributed by atoms with Crippen LogP contribution in [0.2, 0.25) is 0 Å². The minimum atomic E-state index is -0.507. The van der Waals surface area contributed by atoms with Crippen LogP contribution >= 0.6 is 69.6 Å². The van der Waals surface area contributed by atoms with Crippen LogP contribution in [0, 0.1) is 0 Å². The van der Waals surface area contributed by atoms with Crippen LogP contribution < -0.4 is 0 Å². The molecule has 0 spiro atoms. The third-order valence-corrected chi connectivity index (χ3v) is 6.00. The Morgan fingerprint density at radius 3 is 1.80 bits per heavy atom. The highest BCUT2D eigenvalue weighted by molar-refractivity contribution is 6.68. The second-order valence-corrected chi connectivity index (χ2v) is 8.65. The molecule has 0 N–H and O–H groups in total. The Morgan fingerprint density at radius 2 is 1.27 bits per heavy atom. The Labute approximate surface area is 203 Å². The number of rotatable bonds is 5. The van der Waals surface area contributed by atoms with Gasteiger partial charge in [0.1, 0.15) is 14.7 Å².